The summed E-state index contributed by atoms with van der Waals surface area (Å²) in [5.74, 6) is 0.508. The Kier molecular flexibility index (Phi) is 3.15. The fourth-order valence-electron chi connectivity index (χ4n) is 1.19. The number of aromatic nitrogens is 2. The molecule has 0 unspecified atom stereocenters. The van der Waals surface area contributed by atoms with Gasteiger partial charge in [0.15, 0.2) is 5.82 Å². The summed E-state index contributed by atoms with van der Waals surface area (Å²) in [7, 11) is 0. The van der Waals surface area contributed by atoms with Gasteiger partial charge in [-0.3, -0.25) is 5.32 Å². The smallest absolute Gasteiger partial charge is 0.324 e. The molecule has 1 aromatic heterocycles. The van der Waals surface area contributed by atoms with Crippen molar-refractivity contribution in [2.45, 2.75) is 0 Å². The maximum absolute atomic E-state index is 11.5. The number of hydrogen-bond donors (Lipinski definition) is 3. The normalized spacial score (nSPS) is 9.65. The molecule has 0 radical (unpaired) electrons. The van der Waals surface area contributed by atoms with E-state index in [-0.39, 0.29) is 5.75 Å². The van der Waals surface area contributed by atoms with Crippen molar-refractivity contribution in [2.24, 2.45) is 0 Å². The Morgan fingerprint density at radius 2 is 1.88 bits per heavy atom. The van der Waals surface area contributed by atoms with Crippen molar-refractivity contribution in [1.82, 2.24) is 10.2 Å². The Bertz CT molecular complexity index is 499. The summed E-state index contributed by atoms with van der Waals surface area (Å²) in [6, 6.07) is 9.02. The van der Waals surface area contributed by atoms with Gasteiger partial charge >= 0.3 is 6.03 Å². The molecule has 2 amide bonds. The number of hydrogen-bond acceptors (Lipinski definition) is 4. The topological polar surface area (TPSA) is 87.1 Å². The van der Waals surface area contributed by atoms with Gasteiger partial charge in [0.2, 0.25) is 0 Å². The SMILES string of the molecule is O=C(Nc1ccc(O)cc1)Nc1cccnn1. The van der Waals surface area contributed by atoms with E-state index in [0.717, 1.165) is 0 Å². The highest BCUT2D eigenvalue weighted by molar-refractivity contribution is 5.99. The molecule has 0 aliphatic carbocycles. The third kappa shape index (κ3) is 3.16. The van der Waals surface area contributed by atoms with Crippen LogP contribution in [0.2, 0.25) is 0 Å². The monoisotopic (exact) mass is 230 g/mol. The second-order valence-corrected chi connectivity index (χ2v) is 3.23. The first-order chi connectivity index (χ1) is 8.24. The molecule has 0 atom stereocenters. The molecule has 0 fully saturated rings. The maximum atomic E-state index is 11.5. The van der Waals surface area contributed by atoms with Gasteiger partial charge in [-0.1, -0.05) is 0 Å². The minimum Gasteiger partial charge on any atom is -0.508 e. The summed E-state index contributed by atoms with van der Waals surface area (Å²) in [5.41, 5.74) is 0.573. The van der Waals surface area contributed by atoms with Gasteiger partial charge < -0.3 is 10.4 Å². The highest BCUT2D eigenvalue weighted by Crippen LogP contribution is 2.13. The summed E-state index contributed by atoms with van der Waals surface area (Å²) >= 11 is 0. The van der Waals surface area contributed by atoms with Crippen molar-refractivity contribution >= 4 is 17.5 Å². The van der Waals surface area contributed by atoms with Crippen LogP contribution in [0, 0.1) is 0 Å². The zero-order valence-corrected chi connectivity index (χ0v) is 8.79. The number of amides is 2. The number of phenols is 1. The molecule has 1 heterocycles. The zero-order chi connectivity index (χ0) is 12.1. The molecule has 0 saturated heterocycles. The molecule has 0 saturated carbocycles. The fourth-order valence-corrected chi connectivity index (χ4v) is 1.19. The van der Waals surface area contributed by atoms with Crippen LogP contribution in [0.25, 0.3) is 0 Å². The molecule has 6 nitrogen and oxygen atoms in total. The van der Waals surface area contributed by atoms with Crippen LogP contribution in [-0.4, -0.2) is 21.3 Å². The van der Waals surface area contributed by atoms with Gasteiger partial charge in [0, 0.05) is 11.9 Å². The van der Waals surface area contributed by atoms with Gasteiger partial charge in [-0.15, -0.1) is 5.10 Å². The summed E-state index contributed by atoms with van der Waals surface area (Å²) in [4.78, 5) is 11.5. The first kappa shape index (κ1) is 10.9. The number of urea groups is 1. The minimum atomic E-state index is -0.420. The van der Waals surface area contributed by atoms with Gasteiger partial charge in [-0.25, -0.2) is 4.79 Å². The first-order valence-electron chi connectivity index (χ1n) is 4.89. The van der Waals surface area contributed by atoms with E-state index in [1.54, 1.807) is 24.3 Å². The molecule has 3 N–H and O–H groups in total. The largest absolute Gasteiger partial charge is 0.508 e. The number of phenolic OH excluding ortho intramolecular Hbond substituents is 1. The molecule has 2 aromatic rings. The van der Waals surface area contributed by atoms with Crippen molar-refractivity contribution in [2.75, 3.05) is 10.6 Å². The van der Waals surface area contributed by atoms with Crippen molar-refractivity contribution < 1.29 is 9.90 Å². The minimum absolute atomic E-state index is 0.143. The molecule has 86 valence electrons. The molecular formula is C11H10N4O2. The Labute approximate surface area is 97.3 Å². The lowest BCUT2D eigenvalue weighted by atomic mass is 10.3. The van der Waals surface area contributed by atoms with Crippen molar-refractivity contribution in [3.05, 3.63) is 42.6 Å². The summed E-state index contributed by atoms with van der Waals surface area (Å²) in [6.07, 6.45) is 1.52. The predicted octanol–water partition coefficient (Wildman–Crippen LogP) is 1.83. The van der Waals surface area contributed by atoms with E-state index in [4.69, 9.17) is 5.11 Å². The highest BCUT2D eigenvalue weighted by Gasteiger charge is 2.02. The van der Waals surface area contributed by atoms with Gasteiger partial charge in [0.05, 0.1) is 0 Å². The van der Waals surface area contributed by atoms with E-state index in [9.17, 15) is 4.79 Å². The number of nitrogens with one attached hydrogen (secondary N) is 2. The van der Waals surface area contributed by atoms with Gasteiger partial charge in [0.25, 0.3) is 0 Å². The number of anilines is 2. The number of carbonyl (C=O) groups excluding carboxylic acids is 1. The van der Waals surface area contributed by atoms with E-state index in [1.807, 2.05) is 0 Å². The standard InChI is InChI=1S/C11H10N4O2/c16-9-5-3-8(4-6-9)13-11(17)14-10-2-1-7-12-15-10/h1-7,16H,(H2,13,14,15,17). The summed E-state index contributed by atoms with van der Waals surface area (Å²) in [5, 5.41) is 21.5. The summed E-state index contributed by atoms with van der Waals surface area (Å²) < 4.78 is 0. The second-order valence-electron chi connectivity index (χ2n) is 3.23. The van der Waals surface area contributed by atoms with Crippen LogP contribution in [0.15, 0.2) is 42.6 Å². The lowest BCUT2D eigenvalue weighted by Crippen LogP contribution is -2.20. The third-order valence-electron chi connectivity index (χ3n) is 1.94. The maximum Gasteiger partial charge on any atom is 0.324 e. The van der Waals surface area contributed by atoms with Crippen LogP contribution in [0.5, 0.6) is 5.75 Å². The van der Waals surface area contributed by atoms with Crippen molar-refractivity contribution in [3.8, 4) is 5.75 Å². The van der Waals surface area contributed by atoms with E-state index < -0.39 is 6.03 Å². The fraction of sp³-hybridized carbons (Fsp3) is 0. The highest BCUT2D eigenvalue weighted by atomic mass is 16.3. The van der Waals surface area contributed by atoms with E-state index in [1.165, 1.54) is 18.3 Å². The molecule has 0 aliphatic heterocycles. The molecular weight excluding hydrogens is 220 g/mol. The van der Waals surface area contributed by atoms with Crippen LogP contribution >= 0.6 is 0 Å². The quantitative estimate of drug-likeness (QED) is 0.687. The molecule has 0 aliphatic rings. The summed E-state index contributed by atoms with van der Waals surface area (Å²) in [6.45, 7) is 0. The van der Waals surface area contributed by atoms with Gasteiger partial charge in [-0.2, -0.15) is 5.10 Å². The van der Waals surface area contributed by atoms with Gasteiger partial charge in [0.1, 0.15) is 5.75 Å². The van der Waals surface area contributed by atoms with E-state index >= 15 is 0 Å². The molecule has 2 rings (SSSR count). The van der Waals surface area contributed by atoms with E-state index in [0.29, 0.717) is 11.5 Å². The Morgan fingerprint density at radius 3 is 2.53 bits per heavy atom. The van der Waals surface area contributed by atoms with Crippen LogP contribution in [0.1, 0.15) is 0 Å². The number of rotatable bonds is 2. The number of carbonyl (C=O) groups is 1. The van der Waals surface area contributed by atoms with Crippen LogP contribution in [-0.2, 0) is 0 Å². The lowest BCUT2D eigenvalue weighted by molar-refractivity contribution is 0.262. The Hall–Kier alpha value is -2.63. The van der Waals surface area contributed by atoms with Crippen molar-refractivity contribution in [3.63, 3.8) is 0 Å². The van der Waals surface area contributed by atoms with Crippen LogP contribution in [0.3, 0.4) is 0 Å². The first-order valence-corrected chi connectivity index (χ1v) is 4.89. The zero-order valence-electron chi connectivity index (χ0n) is 8.79. The molecule has 6 heteroatoms. The lowest BCUT2D eigenvalue weighted by Gasteiger charge is -2.06. The average molecular weight is 230 g/mol. The second kappa shape index (κ2) is 4.93. The molecule has 0 bridgehead atoms. The molecule has 0 spiro atoms. The van der Waals surface area contributed by atoms with Gasteiger partial charge in [-0.05, 0) is 36.4 Å². The molecule has 17 heavy (non-hydrogen) atoms. The number of nitrogens with zero attached hydrogens (tertiary/aromatic N) is 2. The number of benzene rings is 1. The van der Waals surface area contributed by atoms with E-state index in [2.05, 4.69) is 20.8 Å². The Balaban J connectivity index is 1.96. The molecule has 1 aromatic carbocycles. The predicted molar refractivity (Wildman–Crippen MR) is 62.8 cm³/mol. The third-order valence-corrected chi connectivity index (χ3v) is 1.94. The van der Waals surface area contributed by atoms with Crippen LogP contribution in [0.4, 0.5) is 16.3 Å². The number of aromatic hydroxyl groups is 1. The van der Waals surface area contributed by atoms with Crippen molar-refractivity contribution in [1.29, 1.82) is 0 Å². The van der Waals surface area contributed by atoms with Crippen LogP contribution < -0.4 is 10.6 Å². The Morgan fingerprint density at radius 1 is 1.12 bits per heavy atom. The average Bonchev–Trinajstić information content (AvgIpc) is 2.33.